The molecule has 0 aliphatic carbocycles. The zero-order valence-corrected chi connectivity index (χ0v) is 8.46. The van der Waals surface area contributed by atoms with Crippen molar-refractivity contribution in [1.29, 1.82) is 0 Å². The smallest absolute Gasteiger partial charge is 0.0406 e. The summed E-state index contributed by atoms with van der Waals surface area (Å²) < 4.78 is 0. The van der Waals surface area contributed by atoms with Crippen molar-refractivity contribution in [2.45, 2.75) is 13.0 Å². The normalized spacial score (nSPS) is 15.4. The van der Waals surface area contributed by atoms with Gasteiger partial charge in [-0.1, -0.05) is 30.7 Å². The summed E-state index contributed by atoms with van der Waals surface area (Å²) in [5.74, 6) is 0.293. The number of hydrogen-bond acceptors (Lipinski definition) is 2. The van der Waals surface area contributed by atoms with Gasteiger partial charge in [-0.2, -0.15) is 0 Å². The summed E-state index contributed by atoms with van der Waals surface area (Å²) >= 11 is 5.76. The molecule has 0 radical (unpaired) electrons. The van der Waals surface area contributed by atoms with Crippen molar-refractivity contribution < 1.29 is 0 Å². The molecule has 0 amide bonds. The van der Waals surface area contributed by atoms with E-state index in [0.29, 0.717) is 12.5 Å². The Kier molecular flexibility index (Phi) is 3.72. The van der Waals surface area contributed by atoms with E-state index in [0.717, 1.165) is 10.6 Å². The molecule has 0 aromatic heterocycles. The molecule has 3 heteroatoms. The predicted octanol–water partition coefficient (Wildman–Crippen LogP) is 1.93. The van der Waals surface area contributed by atoms with Crippen LogP contribution in [0, 0.1) is 5.92 Å². The molecule has 0 heterocycles. The van der Waals surface area contributed by atoms with Crippen molar-refractivity contribution in [3.8, 4) is 0 Å². The average molecular weight is 199 g/mol. The van der Waals surface area contributed by atoms with Gasteiger partial charge < -0.3 is 11.5 Å². The Morgan fingerprint density at radius 1 is 1.31 bits per heavy atom. The van der Waals surface area contributed by atoms with Gasteiger partial charge in [-0.3, -0.25) is 0 Å². The van der Waals surface area contributed by atoms with Crippen molar-refractivity contribution in [3.05, 3.63) is 34.9 Å². The van der Waals surface area contributed by atoms with Crippen LogP contribution >= 0.6 is 11.6 Å². The number of nitrogens with two attached hydrogens (primary N) is 2. The minimum atomic E-state index is 0.00210. The highest BCUT2D eigenvalue weighted by Gasteiger charge is 2.12. The third-order valence-corrected chi connectivity index (χ3v) is 2.49. The standard InChI is InChI=1S/C10H15ClN2/c1-7(6-12)10(13)8-2-4-9(11)5-3-8/h2-5,7,10H,6,12-13H2,1H3. The van der Waals surface area contributed by atoms with Gasteiger partial charge in [-0.25, -0.2) is 0 Å². The Morgan fingerprint density at radius 3 is 2.31 bits per heavy atom. The van der Waals surface area contributed by atoms with E-state index in [1.807, 2.05) is 31.2 Å². The molecule has 0 fully saturated rings. The number of hydrogen-bond donors (Lipinski definition) is 2. The molecule has 0 spiro atoms. The van der Waals surface area contributed by atoms with E-state index in [9.17, 15) is 0 Å². The maximum Gasteiger partial charge on any atom is 0.0406 e. The van der Waals surface area contributed by atoms with Gasteiger partial charge in [-0.05, 0) is 30.2 Å². The first-order valence-corrected chi connectivity index (χ1v) is 4.74. The Hall–Kier alpha value is -0.570. The van der Waals surface area contributed by atoms with E-state index in [-0.39, 0.29) is 6.04 Å². The van der Waals surface area contributed by atoms with E-state index < -0.39 is 0 Å². The van der Waals surface area contributed by atoms with Gasteiger partial charge in [0.1, 0.15) is 0 Å². The lowest BCUT2D eigenvalue weighted by Gasteiger charge is -2.18. The fraction of sp³-hybridized carbons (Fsp3) is 0.400. The van der Waals surface area contributed by atoms with Gasteiger partial charge in [0, 0.05) is 11.1 Å². The second-order valence-electron chi connectivity index (χ2n) is 3.29. The minimum absolute atomic E-state index is 0.00210. The van der Waals surface area contributed by atoms with Gasteiger partial charge in [0.25, 0.3) is 0 Å². The van der Waals surface area contributed by atoms with Crippen molar-refractivity contribution in [2.24, 2.45) is 17.4 Å². The molecule has 1 aromatic rings. The molecule has 0 aliphatic rings. The molecule has 0 aliphatic heterocycles. The molecule has 0 saturated heterocycles. The zero-order valence-electron chi connectivity index (χ0n) is 7.70. The van der Waals surface area contributed by atoms with Crippen LogP contribution in [-0.4, -0.2) is 6.54 Å². The summed E-state index contributed by atoms with van der Waals surface area (Å²) in [5.41, 5.74) is 12.6. The average Bonchev–Trinajstić information content (AvgIpc) is 2.17. The van der Waals surface area contributed by atoms with Crippen LogP contribution in [0.25, 0.3) is 0 Å². The topological polar surface area (TPSA) is 52.0 Å². The summed E-state index contributed by atoms with van der Waals surface area (Å²) in [6, 6.07) is 7.58. The van der Waals surface area contributed by atoms with Gasteiger partial charge in [0.2, 0.25) is 0 Å². The highest BCUT2D eigenvalue weighted by atomic mass is 35.5. The molecule has 2 nitrogen and oxygen atoms in total. The predicted molar refractivity (Wildman–Crippen MR) is 56.6 cm³/mol. The third kappa shape index (κ3) is 2.69. The highest BCUT2D eigenvalue weighted by molar-refractivity contribution is 6.30. The summed E-state index contributed by atoms with van der Waals surface area (Å²) in [6.45, 7) is 2.64. The van der Waals surface area contributed by atoms with Crippen LogP contribution in [0.2, 0.25) is 5.02 Å². The van der Waals surface area contributed by atoms with E-state index in [1.165, 1.54) is 0 Å². The number of halogens is 1. The molecule has 1 aromatic carbocycles. The minimum Gasteiger partial charge on any atom is -0.330 e. The summed E-state index contributed by atoms with van der Waals surface area (Å²) in [6.07, 6.45) is 0. The first-order chi connectivity index (χ1) is 6.15. The molecular weight excluding hydrogens is 184 g/mol. The molecule has 2 unspecified atom stereocenters. The lowest BCUT2D eigenvalue weighted by atomic mass is 9.96. The Bertz CT molecular complexity index is 258. The summed E-state index contributed by atoms with van der Waals surface area (Å²) in [4.78, 5) is 0. The van der Waals surface area contributed by atoms with Crippen LogP contribution < -0.4 is 11.5 Å². The zero-order chi connectivity index (χ0) is 9.84. The van der Waals surface area contributed by atoms with Crippen LogP contribution in [0.5, 0.6) is 0 Å². The van der Waals surface area contributed by atoms with Crippen LogP contribution in [0.15, 0.2) is 24.3 Å². The van der Waals surface area contributed by atoms with E-state index in [1.54, 1.807) is 0 Å². The highest BCUT2D eigenvalue weighted by Crippen LogP contribution is 2.20. The lowest BCUT2D eigenvalue weighted by molar-refractivity contribution is 0.481. The van der Waals surface area contributed by atoms with E-state index in [4.69, 9.17) is 23.1 Å². The summed E-state index contributed by atoms with van der Waals surface area (Å²) in [7, 11) is 0. The molecular formula is C10H15ClN2. The van der Waals surface area contributed by atoms with Crippen molar-refractivity contribution >= 4 is 11.6 Å². The molecule has 0 bridgehead atoms. The van der Waals surface area contributed by atoms with Gasteiger partial charge in [-0.15, -0.1) is 0 Å². The number of benzene rings is 1. The second-order valence-corrected chi connectivity index (χ2v) is 3.73. The largest absolute Gasteiger partial charge is 0.330 e. The summed E-state index contributed by atoms with van der Waals surface area (Å²) in [5, 5.41) is 0.733. The first-order valence-electron chi connectivity index (χ1n) is 4.36. The van der Waals surface area contributed by atoms with Crippen molar-refractivity contribution in [2.75, 3.05) is 6.54 Å². The van der Waals surface area contributed by atoms with Gasteiger partial charge in [0.15, 0.2) is 0 Å². The maximum atomic E-state index is 5.98. The van der Waals surface area contributed by atoms with Crippen LogP contribution in [0.4, 0.5) is 0 Å². The van der Waals surface area contributed by atoms with Crippen LogP contribution in [0.3, 0.4) is 0 Å². The van der Waals surface area contributed by atoms with Crippen LogP contribution in [-0.2, 0) is 0 Å². The quantitative estimate of drug-likeness (QED) is 0.780. The molecule has 2 atom stereocenters. The van der Waals surface area contributed by atoms with Crippen molar-refractivity contribution in [3.63, 3.8) is 0 Å². The van der Waals surface area contributed by atoms with Gasteiger partial charge >= 0.3 is 0 Å². The SMILES string of the molecule is CC(CN)C(N)c1ccc(Cl)cc1. The maximum absolute atomic E-state index is 5.98. The molecule has 72 valence electrons. The first kappa shape index (κ1) is 10.5. The van der Waals surface area contributed by atoms with E-state index >= 15 is 0 Å². The molecule has 4 N–H and O–H groups in total. The molecule has 1 rings (SSSR count). The molecule has 13 heavy (non-hydrogen) atoms. The van der Waals surface area contributed by atoms with E-state index in [2.05, 4.69) is 0 Å². The van der Waals surface area contributed by atoms with Crippen molar-refractivity contribution in [1.82, 2.24) is 0 Å². The Balaban J connectivity index is 2.77. The Morgan fingerprint density at radius 2 is 1.85 bits per heavy atom. The monoisotopic (exact) mass is 198 g/mol. The van der Waals surface area contributed by atoms with Gasteiger partial charge in [0.05, 0.1) is 0 Å². The fourth-order valence-electron chi connectivity index (χ4n) is 1.16. The molecule has 0 saturated carbocycles. The van der Waals surface area contributed by atoms with Crippen LogP contribution in [0.1, 0.15) is 18.5 Å². The lowest BCUT2D eigenvalue weighted by Crippen LogP contribution is -2.25. The number of rotatable bonds is 3. The second kappa shape index (κ2) is 4.61. The Labute approximate surface area is 83.9 Å². The fourth-order valence-corrected chi connectivity index (χ4v) is 1.29. The third-order valence-electron chi connectivity index (χ3n) is 2.24.